The second kappa shape index (κ2) is 8.13. The van der Waals surface area contributed by atoms with Gasteiger partial charge < -0.3 is 5.32 Å². The Balaban J connectivity index is 1.54. The van der Waals surface area contributed by atoms with Gasteiger partial charge in [-0.05, 0) is 35.4 Å². The van der Waals surface area contributed by atoms with Crippen molar-refractivity contribution in [3.63, 3.8) is 0 Å². The molecule has 0 radical (unpaired) electrons. The second-order valence-corrected chi connectivity index (χ2v) is 6.24. The molecule has 0 aliphatic heterocycles. The van der Waals surface area contributed by atoms with Crippen LogP contribution >= 0.6 is 11.8 Å². The van der Waals surface area contributed by atoms with Gasteiger partial charge in [-0.25, -0.2) is 4.98 Å². The third kappa shape index (κ3) is 4.68. The minimum Gasteiger partial charge on any atom is -0.348 e. The number of hydrogen-bond donors (Lipinski definition) is 2. The number of aromatic nitrogens is 3. The smallest absolute Gasteiger partial charge is 0.251 e. The van der Waals surface area contributed by atoms with Gasteiger partial charge in [-0.3, -0.25) is 9.89 Å². The summed E-state index contributed by atoms with van der Waals surface area (Å²) in [5.41, 5.74) is 3.18. The Morgan fingerprint density at radius 3 is 2.76 bits per heavy atom. The van der Waals surface area contributed by atoms with Gasteiger partial charge in [0.05, 0.1) is 11.6 Å². The van der Waals surface area contributed by atoms with Crippen LogP contribution < -0.4 is 5.32 Å². The van der Waals surface area contributed by atoms with Crippen molar-refractivity contribution in [1.82, 2.24) is 20.5 Å². The fraction of sp³-hybridized carbons (Fsp3) is 0.111. The third-order valence-electron chi connectivity index (χ3n) is 3.49. The average molecular weight is 349 g/mol. The molecule has 6 nitrogen and oxygen atoms in total. The van der Waals surface area contributed by atoms with Crippen molar-refractivity contribution in [2.75, 3.05) is 0 Å². The van der Waals surface area contributed by atoms with Gasteiger partial charge in [-0.2, -0.15) is 10.4 Å². The topological polar surface area (TPSA) is 94.5 Å². The molecule has 1 heterocycles. The van der Waals surface area contributed by atoms with Gasteiger partial charge >= 0.3 is 0 Å². The summed E-state index contributed by atoms with van der Waals surface area (Å²) in [5.74, 6) is 0.606. The number of hydrogen-bond acceptors (Lipinski definition) is 5. The van der Waals surface area contributed by atoms with Crippen LogP contribution in [0.3, 0.4) is 0 Å². The fourth-order valence-corrected chi connectivity index (χ4v) is 2.94. The van der Waals surface area contributed by atoms with E-state index in [0.717, 1.165) is 22.0 Å². The van der Waals surface area contributed by atoms with E-state index in [1.54, 1.807) is 42.1 Å². The molecule has 2 aromatic carbocycles. The first-order valence-electron chi connectivity index (χ1n) is 7.59. The average Bonchev–Trinajstić information content (AvgIpc) is 3.18. The van der Waals surface area contributed by atoms with E-state index in [1.165, 1.54) is 6.33 Å². The molecule has 2 N–H and O–H groups in total. The van der Waals surface area contributed by atoms with Crippen molar-refractivity contribution >= 4 is 17.7 Å². The molecule has 0 fully saturated rings. The Bertz CT molecular complexity index is 885. The maximum Gasteiger partial charge on any atom is 0.251 e. The van der Waals surface area contributed by atoms with Crippen LogP contribution in [0.15, 0.2) is 60.0 Å². The summed E-state index contributed by atoms with van der Waals surface area (Å²) in [7, 11) is 0. The van der Waals surface area contributed by atoms with E-state index in [2.05, 4.69) is 26.6 Å². The molecule has 0 bridgehead atoms. The lowest BCUT2D eigenvalue weighted by Gasteiger charge is -2.07. The van der Waals surface area contributed by atoms with Crippen LogP contribution in [0.25, 0.3) is 0 Å². The zero-order valence-electron chi connectivity index (χ0n) is 13.3. The van der Waals surface area contributed by atoms with Gasteiger partial charge in [0, 0.05) is 17.9 Å². The Hall–Kier alpha value is -3.11. The largest absolute Gasteiger partial charge is 0.348 e. The first kappa shape index (κ1) is 16.7. The molecular formula is C18H15N5OS. The summed E-state index contributed by atoms with van der Waals surface area (Å²) in [5, 5.41) is 19.1. The number of rotatable bonds is 6. The maximum atomic E-state index is 12.2. The number of carbonyl (C=O) groups excluding carboxylic acids is 1. The highest BCUT2D eigenvalue weighted by molar-refractivity contribution is 7.98. The zero-order chi connectivity index (χ0) is 17.5. The summed E-state index contributed by atoms with van der Waals surface area (Å²) >= 11 is 1.55. The fourth-order valence-electron chi connectivity index (χ4n) is 2.20. The molecule has 3 aromatic rings. The van der Waals surface area contributed by atoms with Gasteiger partial charge in [0.15, 0.2) is 5.16 Å². The van der Waals surface area contributed by atoms with E-state index in [-0.39, 0.29) is 5.91 Å². The van der Waals surface area contributed by atoms with E-state index < -0.39 is 0 Å². The minimum atomic E-state index is -0.142. The van der Waals surface area contributed by atoms with Crippen molar-refractivity contribution < 1.29 is 4.79 Å². The Morgan fingerprint density at radius 1 is 1.20 bits per heavy atom. The van der Waals surface area contributed by atoms with E-state index in [4.69, 9.17) is 5.26 Å². The summed E-state index contributed by atoms with van der Waals surface area (Å²) in [6.45, 7) is 0.386. The molecule has 3 rings (SSSR count). The van der Waals surface area contributed by atoms with Crippen LogP contribution in [0.1, 0.15) is 27.0 Å². The van der Waals surface area contributed by atoms with Crippen LogP contribution in [0.5, 0.6) is 0 Å². The van der Waals surface area contributed by atoms with Crippen LogP contribution in [-0.2, 0) is 12.3 Å². The predicted molar refractivity (Wildman–Crippen MR) is 94.7 cm³/mol. The predicted octanol–water partition coefficient (Wildman–Crippen LogP) is 2.90. The lowest BCUT2D eigenvalue weighted by molar-refractivity contribution is 0.0951. The molecule has 1 aromatic heterocycles. The lowest BCUT2D eigenvalue weighted by Crippen LogP contribution is -2.22. The van der Waals surface area contributed by atoms with Crippen LogP contribution in [0, 0.1) is 11.3 Å². The van der Waals surface area contributed by atoms with E-state index >= 15 is 0 Å². The molecule has 0 unspecified atom stereocenters. The molecule has 0 spiro atoms. The van der Waals surface area contributed by atoms with Gasteiger partial charge in [0.1, 0.15) is 6.33 Å². The zero-order valence-corrected chi connectivity index (χ0v) is 14.1. The van der Waals surface area contributed by atoms with E-state index in [1.807, 2.05) is 18.2 Å². The number of amides is 1. The molecule has 7 heteroatoms. The molecule has 0 aliphatic rings. The highest BCUT2D eigenvalue weighted by atomic mass is 32.2. The van der Waals surface area contributed by atoms with Crippen molar-refractivity contribution in [2.45, 2.75) is 17.5 Å². The minimum absolute atomic E-state index is 0.142. The maximum absolute atomic E-state index is 12.2. The molecule has 0 saturated carbocycles. The molecular weight excluding hydrogens is 334 g/mol. The third-order valence-corrected chi connectivity index (χ3v) is 4.44. The SMILES string of the molecule is N#Cc1cccc(CNC(=O)c2ccc(CSc3ncn[nH]3)cc2)c1. The first-order chi connectivity index (χ1) is 12.2. The number of aromatic amines is 1. The Kier molecular flexibility index (Phi) is 5.44. The molecule has 0 atom stereocenters. The highest BCUT2D eigenvalue weighted by Gasteiger charge is 2.06. The van der Waals surface area contributed by atoms with Crippen molar-refractivity contribution in [1.29, 1.82) is 5.26 Å². The normalized spacial score (nSPS) is 10.2. The van der Waals surface area contributed by atoms with Crippen LogP contribution in [-0.4, -0.2) is 21.1 Å². The summed E-state index contributed by atoms with van der Waals surface area (Å²) in [6.07, 6.45) is 1.47. The number of nitriles is 1. The van der Waals surface area contributed by atoms with Gasteiger partial charge in [-0.1, -0.05) is 36.0 Å². The molecule has 124 valence electrons. The van der Waals surface area contributed by atoms with Gasteiger partial charge in [-0.15, -0.1) is 0 Å². The molecule has 25 heavy (non-hydrogen) atoms. The van der Waals surface area contributed by atoms with E-state index in [9.17, 15) is 4.79 Å². The Labute approximate surface area is 149 Å². The number of nitrogens with one attached hydrogen (secondary N) is 2. The second-order valence-electron chi connectivity index (χ2n) is 5.27. The first-order valence-corrected chi connectivity index (χ1v) is 8.57. The lowest BCUT2D eigenvalue weighted by atomic mass is 10.1. The molecule has 1 amide bonds. The molecule has 0 aliphatic carbocycles. The summed E-state index contributed by atoms with van der Waals surface area (Å²) < 4.78 is 0. The number of thioether (sulfide) groups is 1. The number of benzene rings is 2. The van der Waals surface area contributed by atoms with Crippen molar-refractivity contribution in [2.24, 2.45) is 0 Å². The summed E-state index contributed by atoms with van der Waals surface area (Å²) in [4.78, 5) is 16.3. The Morgan fingerprint density at radius 2 is 2.04 bits per heavy atom. The number of nitrogens with zero attached hydrogens (tertiary/aromatic N) is 3. The van der Waals surface area contributed by atoms with Crippen molar-refractivity contribution in [3.05, 3.63) is 77.1 Å². The summed E-state index contributed by atoms with van der Waals surface area (Å²) in [6, 6.07) is 16.7. The standard InChI is InChI=1S/C18H15N5OS/c19-9-14-2-1-3-15(8-14)10-20-17(24)16-6-4-13(5-7-16)11-25-18-21-12-22-23-18/h1-8,12H,10-11H2,(H,20,24)(H,21,22,23). The monoisotopic (exact) mass is 349 g/mol. The molecule has 0 saturated heterocycles. The quantitative estimate of drug-likeness (QED) is 0.667. The van der Waals surface area contributed by atoms with Gasteiger partial charge in [0.2, 0.25) is 0 Å². The number of carbonyl (C=O) groups is 1. The highest BCUT2D eigenvalue weighted by Crippen LogP contribution is 2.18. The van der Waals surface area contributed by atoms with Crippen LogP contribution in [0.2, 0.25) is 0 Å². The van der Waals surface area contributed by atoms with E-state index in [0.29, 0.717) is 17.7 Å². The van der Waals surface area contributed by atoms with Gasteiger partial charge in [0.25, 0.3) is 5.91 Å². The number of H-pyrrole nitrogens is 1. The van der Waals surface area contributed by atoms with Crippen molar-refractivity contribution in [3.8, 4) is 6.07 Å². The van der Waals surface area contributed by atoms with Crippen LogP contribution in [0.4, 0.5) is 0 Å².